The number of hydrogen-bond acceptors (Lipinski definition) is 6. The van der Waals surface area contributed by atoms with E-state index in [9.17, 15) is 9.59 Å². The van der Waals surface area contributed by atoms with Crippen LogP contribution in [0.3, 0.4) is 0 Å². The van der Waals surface area contributed by atoms with Crippen molar-refractivity contribution in [3.63, 3.8) is 0 Å². The smallest absolute Gasteiger partial charge is 0.338 e. The number of carbonyl (C=O) groups excluding carboxylic acids is 2. The summed E-state index contributed by atoms with van der Waals surface area (Å²) in [4.78, 5) is 32.9. The average molecular weight is 391 g/mol. The standard InChI is InChI=1S/C19H23ClN4O3/c1-10-4-6-12(7-5-10)18(25)24-23-17-16(20)21-15-9-13(19(26)27-3)11(2)8-14(15)22-17/h8-10,12H,4-7H2,1-3H3,(H,22,23)(H,24,25). The highest BCUT2D eigenvalue weighted by Gasteiger charge is 2.24. The Morgan fingerprint density at radius 1 is 1.15 bits per heavy atom. The van der Waals surface area contributed by atoms with E-state index in [1.54, 1.807) is 19.1 Å². The highest BCUT2D eigenvalue weighted by atomic mass is 35.5. The molecule has 0 bridgehead atoms. The number of aromatic nitrogens is 2. The Bertz CT molecular complexity index is 879. The molecule has 0 atom stereocenters. The molecular weight excluding hydrogens is 368 g/mol. The van der Waals surface area contributed by atoms with Gasteiger partial charge in [-0.05, 0) is 56.2 Å². The molecule has 0 aliphatic heterocycles. The summed E-state index contributed by atoms with van der Waals surface area (Å²) in [5.41, 5.74) is 7.65. The Hall–Kier alpha value is -2.41. The number of methoxy groups -OCH3 is 1. The molecule has 8 heteroatoms. The van der Waals surface area contributed by atoms with Gasteiger partial charge >= 0.3 is 5.97 Å². The second-order valence-corrected chi connectivity index (χ2v) is 7.44. The monoisotopic (exact) mass is 390 g/mol. The molecule has 7 nitrogen and oxygen atoms in total. The number of esters is 1. The van der Waals surface area contributed by atoms with Gasteiger partial charge < -0.3 is 4.74 Å². The minimum atomic E-state index is -0.441. The number of anilines is 1. The number of nitrogens with one attached hydrogen (secondary N) is 2. The minimum Gasteiger partial charge on any atom is -0.465 e. The van der Waals surface area contributed by atoms with Gasteiger partial charge in [-0.15, -0.1) is 0 Å². The first-order chi connectivity index (χ1) is 12.9. The number of amides is 1. The molecular formula is C19H23ClN4O3. The van der Waals surface area contributed by atoms with Gasteiger partial charge in [0.2, 0.25) is 5.91 Å². The van der Waals surface area contributed by atoms with E-state index < -0.39 is 5.97 Å². The van der Waals surface area contributed by atoms with Crippen molar-refractivity contribution in [3.8, 4) is 0 Å². The maximum atomic E-state index is 12.3. The van der Waals surface area contributed by atoms with Gasteiger partial charge in [0.05, 0.1) is 23.7 Å². The number of halogens is 1. The minimum absolute atomic E-state index is 0.00532. The summed E-state index contributed by atoms with van der Waals surface area (Å²) in [6.45, 7) is 4.01. The fourth-order valence-corrected chi connectivity index (χ4v) is 3.52. The molecule has 0 radical (unpaired) electrons. The molecule has 1 aromatic carbocycles. The molecule has 1 heterocycles. The lowest BCUT2D eigenvalue weighted by atomic mass is 9.83. The number of fused-ring (bicyclic) bond motifs is 1. The van der Waals surface area contributed by atoms with Gasteiger partial charge in [-0.3, -0.25) is 15.6 Å². The third-order valence-corrected chi connectivity index (χ3v) is 5.33. The van der Waals surface area contributed by atoms with Gasteiger partial charge in [0.25, 0.3) is 0 Å². The van der Waals surface area contributed by atoms with Crippen LogP contribution < -0.4 is 10.9 Å². The van der Waals surface area contributed by atoms with Gasteiger partial charge in [-0.1, -0.05) is 18.5 Å². The zero-order chi connectivity index (χ0) is 19.6. The summed E-state index contributed by atoms with van der Waals surface area (Å²) in [6, 6.07) is 3.33. The van der Waals surface area contributed by atoms with E-state index in [2.05, 4.69) is 27.7 Å². The van der Waals surface area contributed by atoms with E-state index in [1.807, 2.05) is 0 Å². The van der Waals surface area contributed by atoms with Crippen molar-refractivity contribution in [2.75, 3.05) is 12.5 Å². The maximum absolute atomic E-state index is 12.3. The predicted molar refractivity (Wildman–Crippen MR) is 104 cm³/mol. The van der Waals surface area contributed by atoms with E-state index in [1.165, 1.54) is 7.11 Å². The van der Waals surface area contributed by atoms with Crippen molar-refractivity contribution in [1.29, 1.82) is 0 Å². The van der Waals surface area contributed by atoms with Crippen LogP contribution in [0.5, 0.6) is 0 Å². The van der Waals surface area contributed by atoms with Crippen molar-refractivity contribution in [1.82, 2.24) is 15.4 Å². The first kappa shape index (κ1) is 19.4. The molecule has 2 aromatic rings. The molecule has 0 spiro atoms. The van der Waals surface area contributed by atoms with Crippen molar-refractivity contribution in [2.45, 2.75) is 39.5 Å². The molecule has 0 saturated heterocycles. The highest BCUT2D eigenvalue weighted by Crippen LogP contribution is 2.28. The predicted octanol–water partition coefficient (Wildman–Crippen LogP) is 3.65. The first-order valence-corrected chi connectivity index (χ1v) is 9.39. The van der Waals surface area contributed by atoms with E-state index in [0.29, 0.717) is 22.5 Å². The molecule has 1 fully saturated rings. The summed E-state index contributed by atoms with van der Waals surface area (Å²) in [5.74, 6) is 0.458. The van der Waals surface area contributed by atoms with Gasteiger partial charge in [-0.25, -0.2) is 14.8 Å². The van der Waals surface area contributed by atoms with E-state index >= 15 is 0 Å². The fourth-order valence-electron chi connectivity index (χ4n) is 3.34. The van der Waals surface area contributed by atoms with Crippen LogP contribution in [0.1, 0.15) is 48.5 Å². The molecule has 27 heavy (non-hydrogen) atoms. The van der Waals surface area contributed by atoms with Gasteiger partial charge in [-0.2, -0.15) is 0 Å². The lowest BCUT2D eigenvalue weighted by molar-refractivity contribution is -0.125. The van der Waals surface area contributed by atoms with E-state index in [4.69, 9.17) is 16.3 Å². The molecule has 1 amide bonds. The lowest BCUT2D eigenvalue weighted by Crippen LogP contribution is -2.37. The number of carbonyl (C=O) groups is 2. The largest absolute Gasteiger partial charge is 0.465 e. The summed E-state index contributed by atoms with van der Waals surface area (Å²) in [5, 5.41) is 0.111. The Morgan fingerprint density at radius 3 is 2.48 bits per heavy atom. The maximum Gasteiger partial charge on any atom is 0.338 e. The number of rotatable bonds is 4. The van der Waals surface area contributed by atoms with Crippen molar-refractivity contribution >= 4 is 40.3 Å². The van der Waals surface area contributed by atoms with Crippen LogP contribution in [0.25, 0.3) is 11.0 Å². The summed E-state index contributed by atoms with van der Waals surface area (Å²) >= 11 is 6.19. The summed E-state index contributed by atoms with van der Waals surface area (Å²) in [7, 11) is 1.33. The van der Waals surface area contributed by atoms with Gasteiger partial charge in [0, 0.05) is 5.92 Å². The topological polar surface area (TPSA) is 93.2 Å². The average Bonchev–Trinajstić information content (AvgIpc) is 2.66. The van der Waals surface area contributed by atoms with Crippen molar-refractivity contribution in [3.05, 3.63) is 28.4 Å². The second kappa shape index (κ2) is 8.08. The number of nitrogens with zero attached hydrogens (tertiary/aromatic N) is 2. The summed E-state index contributed by atoms with van der Waals surface area (Å²) in [6.07, 6.45) is 3.91. The van der Waals surface area contributed by atoms with Crippen LogP contribution in [0, 0.1) is 18.8 Å². The third-order valence-electron chi connectivity index (χ3n) is 5.06. The molecule has 144 valence electrons. The summed E-state index contributed by atoms with van der Waals surface area (Å²) < 4.78 is 4.77. The highest BCUT2D eigenvalue weighted by molar-refractivity contribution is 6.32. The van der Waals surface area contributed by atoms with E-state index in [0.717, 1.165) is 31.2 Å². The van der Waals surface area contributed by atoms with Crippen LogP contribution in [0.4, 0.5) is 5.82 Å². The van der Waals surface area contributed by atoms with Crippen LogP contribution in [-0.2, 0) is 9.53 Å². The van der Waals surface area contributed by atoms with Crippen molar-refractivity contribution in [2.24, 2.45) is 11.8 Å². The van der Waals surface area contributed by atoms with Crippen LogP contribution in [0.2, 0.25) is 5.15 Å². The zero-order valence-electron chi connectivity index (χ0n) is 15.6. The van der Waals surface area contributed by atoms with E-state index in [-0.39, 0.29) is 22.8 Å². The fraction of sp³-hybridized carbons (Fsp3) is 0.474. The number of hydrazine groups is 1. The lowest BCUT2D eigenvalue weighted by Gasteiger charge is -2.25. The van der Waals surface area contributed by atoms with Gasteiger partial charge in [0.1, 0.15) is 0 Å². The Labute approximate surface area is 162 Å². The Morgan fingerprint density at radius 2 is 1.81 bits per heavy atom. The number of ether oxygens (including phenoxy) is 1. The second-order valence-electron chi connectivity index (χ2n) is 7.08. The third kappa shape index (κ3) is 4.30. The van der Waals surface area contributed by atoms with Crippen molar-refractivity contribution < 1.29 is 14.3 Å². The number of benzene rings is 1. The first-order valence-electron chi connectivity index (χ1n) is 9.01. The molecule has 1 saturated carbocycles. The Kier molecular flexibility index (Phi) is 5.79. The molecule has 3 rings (SSSR count). The molecule has 2 N–H and O–H groups in total. The van der Waals surface area contributed by atoms with Gasteiger partial charge in [0.15, 0.2) is 11.0 Å². The molecule has 1 aliphatic rings. The van der Waals surface area contributed by atoms with Crippen LogP contribution in [-0.4, -0.2) is 29.0 Å². The normalized spacial score (nSPS) is 19.6. The zero-order valence-corrected chi connectivity index (χ0v) is 16.4. The molecule has 1 aliphatic carbocycles. The quantitative estimate of drug-likeness (QED) is 0.611. The van der Waals surface area contributed by atoms with Crippen LogP contribution in [0.15, 0.2) is 12.1 Å². The van der Waals surface area contributed by atoms with Crippen LogP contribution >= 0.6 is 11.6 Å². The number of hydrogen-bond donors (Lipinski definition) is 2. The SMILES string of the molecule is COC(=O)c1cc2nc(Cl)c(NNC(=O)C3CCC(C)CC3)nc2cc1C. The number of aryl methyl sites for hydroxylation is 1. The Balaban J connectivity index is 1.76. The molecule has 1 aromatic heterocycles. The molecule has 0 unspecified atom stereocenters.